The Morgan fingerprint density at radius 2 is 1.87 bits per heavy atom. The van der Waals surface area contributed by atoms with Gasteiger partial charge in [-0.1, -0.05) is 35.9 Å². The molecule has 0 fully saturated rings. The largest absolute Gasteiger partial charge is 0.497 e. The van der Waals surface area contributed by atoms with Crippen LogP contribution in [0, 0.1) is 0 Å². The quantitative estimate of drug-likeness (QED) is 0.396. The SMILES string of the molecule is COc1ccc(NS(=O)(=O)c2cc(C(=O)N=C3N=C4C=CC(Br)=CN4Cc4ccccc43)ccc2Cl)cc1. The van der Waals surface area contributed by atoms with Crippen LogP contribution in [0.3, 0.4) is 0 Å². The van der Waals surface area contributed by atoms with Gasteiger partial charge >= 0.3 is 0 Å². The minimum absolute atomic E-state index is 0.0318. The van der Waals surface area contributed by atoms with Gasteiger partial charge in [-0.25, -0.2) is 13.4 Å². The number of hydrogen-bond acceptors (Lipinski definition) is 5. The van der Waals surface area contributed by atoms with Crippen LogP contribution in [0.25, 0.3) is 0 Å². The van der Waals surface area contributed by atoms with Crippen molar-refractivity contribution < 1.29 is 17.9 Å². The van der Waals surface area contributed by atoms with E-state index in [0.29, 0.717) is 29.4 Å². The molecular formula is C27H20BrClN4O4S. The summed E-state index contributed by atoms with van der Waals surface area (Å²) >= 11 is 9.72. The molecule has 0 spiro atoms. The lowest BCUT2D eigenvalue weighted by atomic mass is 10.1. The molecule has 192 valence electrons. The average Bonchev–Trinajstić information content (AvgIpc) is 3.05. The van der Waals surface area contributed by atoms with Crippen LogP contribution in [0.4, 0.5) is 5.69 Å². The van der Waals surface area contributed by atoms with E-state index < -0.39 is 15.9 Å². The highest BCUT2D eigenvalue weighted by Crippen LogP contribution is 2.27. The third kappa shape index (κ3) is 5.42. The molecule has 0 saturated heterocycles. The molecular weight excluding hydrogens is 592 g/mol. The molecule has 0 aliphatic carbocycles. The number of hydrogen-bond donors (Lipinski definition) is 1. The van der Waals surface area contributed by atoms with Gasteiger partial charge in [0.15, 0.2) is 5.84 Å². The predicted octanol–water partition coefficient (Wildman–Crippen LogP) is 5.76. The fourth-order valence-electron chi connectivity index (χ4n) is 3.92. The zero-order chi connectivity index (χ0) is 26.9. The molecule has 0 unspecified atom stereocenters. The first kappa shape index (κ1) is 25.9. The summed E-state index contributed by atoms with van der Waals surface area (Å²) in [6, 6.07) is 17.9. The Balaban J connectivity index is 1.50. The van der Waals surface area contributed by atoms with E-state index in [4.69, 9.17) is 16.3 Å². The van der Waals surface area contributed by atoms with E-state index in [1.165, 1.54) is 25.3 Å². The first-order valence-electron chi connectivity index (χ1n) is 11.3. The van der Waals surface area contributed by atoms with E-state index in [0.717, 1.165) is 10.0 Å². The maximum atomic E-state index is 13.3. The van der Waals surface area contributed by atoms with Crippen LogP contribution in [0.15, 0.2) is 104 Å². The Morgan fingerprint density at radius 3 is 2.63 bits per heavy atom. The van der Waals surface area contributed by atoms with Crippen molar-refractivity contribution >= 4 is 60.8 Å². The number of aliphatic imine (C=N–C) groups is 2. The van der Waals surface area contributed by atoms with Crippen molar-refractivity contribution in [2.24, 2.45) is 9.98 Å². The number of nitrogens with one attached hydrogen (secondary N) is 1. The number of nitrogens with zero attached hydrogens (tertiary/aromatic N) is 3. The van der Waals surface area contributed by atoms with Crippen molar-refractivity contribution in [2.45, 2.75) is 11.4 Å². The number of anilines is 1. The van der Waals surface area contributed by atoms with E-state index in [1.54, 1.807) is 24.3 Å². The summed E-state index contributed by atoms with van der Waals surface area (Å²) in [6.45, 7) is 0.544. The van der Waals surface area contributed by atoms with Crippen molar-refractivity contribution in [2.75, 3.05) is 11.8 Å². The molecule has 8 nitrogen and oxygen atoms in total. The fraction of sp³-hybridized carbons (Fsp3) is 0.0741. The van der Waals surface area contributed by atoms with Gasteiger partial charge in [0, 0.05) is 34.0 Å². The van der Waals surface area contributed by atoms with E-state index in [1.807, 2.05) is 47.5 Å². The Hall–Kier alpha value is -3.73. The number of rotatable bonds is 5. The van der Waals surface area contributed by atoms with Crippen LogP contribution in [0.5, 0.6) is 5.75 Å². The Labute approximate surface area is 233 Å². The highest BCUT2D eigenvalue weighted by atomic mass is 79.9. The van der Waals surface area contributed by atoms with Crippen LogP contribution in [0.2, 0.25) is 5.02 Å². The molecule has 0 aromatic heterocycles. The number of benzene rings is 3. The number of amidine groups is 2. The van der Waals surface area contributed by atoms with Crippen molar-refractivity contribution in [1.82, 2.24) is 4.90 Å². The number of fused-ring (bicyclic) bond motifs is 2. The predicted molar refractivity (Wildman–Crippen MR) is 152 cm³/mol. The summed E-state index contributed by atoms with van der Waals surface area (Å²) < 4.78 is 34.7. The monoisotopic (exact) mass is 610 g/mol. The van der Waals surface area contributed by atoms with Crippen LogP contribution in [-0.2, 0) is 16.6 Å². The zero-order valence-corrected chi connectivity index (χ0v) is 23.1. The van der Waals surface area contributed by atoms with Crippen LogP contribution in [-0.4, -0.2) is 38.0 Å². The van der Waals surface area contributed by atoms with E-state index >= 15 is 0 Å². The summed E-state index contributed by atoms with van der Waals surface area (Å²) in [5, 5.41) is -0.0318. The molecule has 2 aliphatic rings. The van der Waals surface area contributed by atoms with Crippen molar-refractivity contribution in [1.29, 1.82) is 0 Å². The number of allylic oxidation sites excluding steroid dienone is 2. The summed E-state index contributed by atoms with van der Waals surface area (Å²) in [5.41, 5.74) is 2.02. The van der Waals surface area contributed by atoms with Gasteiger partial charge in [0.2, 0.25) is 0 Å². The third-order valence-corrected chi connectivity index (χ3v) is 8.13. The first-order chi connectivity index (χ1) is 18.2. The van der Waals surface area contributed by atoms with Gasteiger partial charge in [-0.2, -0.15) is 4.99 Å². The van der Waals surface area contributed by atoms with Gasteiger partial charge in [-0.3, -0.25) is 9.52 Å². The highest BCUT2D eigenvalue weighted by molar-refractivity contribution is 9.11. The number of sulfonamides is 1. The number of amides is 1. The first-order valence-corrected chi connectivity index (χ1v) is 14.0. The van der Waals surface area contributed by atoms with Crippen molar-refractivity contribution in [3.8, 4) is 5.75 Å². The lowest BCUT2D eigenvalue weighted by Crippen LogP contribution is -2.24. The topological polar surface area (TPSA) is 100 Å². The molecule has 0 bridgehead atoms. The van der Waals surface area contributed by atoms with Gasteiger partial charge in [-0.05, 0) is 76.1 Å². The number of carbonyl (C=O) groups excluding carboxylic acids is 1. The number of methoxy groups -OCH3 is 1. The van der Waals surface area contributed by atoms with Gasteiger partial charge < -0.3 is 9.64 Å². The summed E-state index contributed by atoms with van der Waals surface area (Å²) in [5.74, 6) is 0.785. The second kappa shape index (κ2) is 10.6. The van der Waals surface area contributed by atoms with Crippen LogP contribution in [0.1, 0.15) is 21.5 Å². The minimum atomic E-state index is -4.11. The molecule has 1 amide bonds. The second-order valence-electron chi connectivity index (χ2n) is 8.32. The summed E-state index contributed by atoms with van der Waals surface area (Å²) in [7, 11) is -2.59. The molecule has 5 rings (SSSR count). The van der Waals surface area contributed by atoms with Gasteiger partial charge in [0.05, 0.1) is 12.1 Å². The van der Waals surface area contributed by atoms with Gasteiger partial charge in [-0.15, -0.1) is 0 Å². The fourth-order valence-corrected chi connectivity index (χ4v) is 5.89. The molecule has 38 heavy (non-hydrogen) atoms. The average molecular weight is 612 g/mol. The molecule has 0 radical (unpaired) electrons. The Bertz CT molecular complexity index is 1660. The smallest absolute Gasteiger partial charge is 0.279 e. The van der Waals surface area contributed by atoms with Crippen molar-refractivity contribution in [3.63, 3.8) is 0 Å². The van der Waals surface area contributed by atoms with Crippen LogP contribution < -0.4 is 9.46 Å². The van der Waals surface area contributed by atoms with E-state index in [9.17, 15) is 13.2 Å². The second-order valence-corrected chi connectivity index (χ2v) is 11.3. The standard InChI is InChI=1S/C27H20BrClN4O4S/c1-37-21-10-8-20(9-11-21)32-38(35,36)24-14-17(6-12-23(24)29)27(34)31-26-22-5-3-2-4-18(22)15-33-16-19(28)7-13-25(33)30-26/h2-14,16,32H,15H2,1H3. The normalized spacial score (nSPS) is 15.7. The number of halogens is 2. The maximum absolute atomic E-state index is 13.3. The Morgan fingerprint density at radius 1 is 1.11 bits per heavy atom. The lowest BCUT2D eigenvalue weighted by Gasteiger charge is -2.21. The minimum Gasteiger partial charge on any atom is -0.497 e. The molecule has 0 atom stereocenters. The molecule has 2 aliphatic heterocycles. The summed E-state index contributed by atoms with van der Waals surface area (Å²) in [6.07, 6.45) is 5.59. The Kier molecular flexibility index (Phi) is 7.20. The molecule has 0 saturated carbocycles. The van der Waals surface area contributed by atoms with E-state index in [-0.39, 0.29) is 21.3 Å². The molecule has 3 aromatic rings. The van der Waals surface area contributed by atoms with Gasteiger partial charge in [0.1, 0.15) is 16.5 Å². The molecule has 11 heteroatoms. The molecule has 2 heterocycles. The van der Waals surface area contributed by atoms with E-state index in [2.05, 4.69) is 30.6 Å². The highest BCUT2D eigenvalue weighted by Gasteiger charge is 2.24. The van der Waals surface area contributed by atoms with Gasteiger partial charge in [0.25, 0.3) is 15.9 Å². The molecule has 1 N–H and O–H groups in total. The summed E-state index contributed by atoms with van der Waals surface area (Å²) in [4.78, 5) is 23.9. The lowest BCUT2D eigenvalue weighted by molar-refractivity contribution is 0.100. The third-order valence-electron chi connectivity index (χ3n) is 5.80. The van der Waals surface area contributed by atoms with Crippen LogP contribution >= 0.6 is 27.5 Å². The number of ether oxygens (including phenoxy) is 1. The molecule has 3 aromatic carbocycles. The zero-order valence-electron chi connectivity index (χ0n) is 19.9. The van der Waals surface area contributed by atoms with Crippen molar-refractivity contribution in [3.05, 3.63) is 111 Å². The maximum Gasteiger partial charge on any atom is 0.279 e. The number of carbonyl (C=O) groups is 1.